The van der Waals surface area contributed by atoms with Crippen LogP contribution in [0.4, 0.5) is 5.69 Å². The molecule has 0 saturated heterocycles. The summed E-state index contributed by atoms with van der Waals surface area (Å²) in [6.45, 7) is 6.60. The van der Waals surface area contributed by atoms with Gasteiger partial charge in [0.05, 0.1) is 25.5 Å². The molecule has 0 saturated carbocycles. The molecule has 0 atom stereocenters. The number of rotatable bonds is 12. The van der Waals surface area contributed by atoms with E-state index in [9.17, 15) is 9.59 Å². The van der Waals surface area contributed by atoms with Crippen LogP contribution in [0, 0.1) is 5.92 Å². The van der Waals surface area contributed by atoms with E-state index in [4.69, 9.17) is 14.2 Å². The molecule has 0 aromatic heterocycles. The SMILES string of the molecule is CCCCCCOc1ccc(N=CC(C(=O)OCC)C(=O)OCC)cc1. The third kappa shape index (κ3) is 8.14. The van der Waals surface area contributed by atoms with Gasteiger partial charge in [-0.05, 0) is 44.5 Å². The Balaban J connectivity index is 2.63. The maximum absolute atomic E-state index is 11.9. The minimum atomic E-state index is -1.16. The van der Waals surface area contributed by atoms with Gasteiger partial charge >= 0.3 is 11.9 Å². The van der Waals surface area contributed by atoms with Gasteiger partial charge in [0, 0.05) is 6.21 Å². The van der Waals surface area contributed by atoms with Crippen molar-refractivity contribution in [1.29, 1.82) is 0 Å². The lowest BCUT2D eigenvalue weighted by Crippen LogP contribution is -2.29. The zero-order valence-corrected chi connectivity index (χ0v) is 15.9. The lowest BCUT2D eigenvalue weighted by molar-refractivity contribution is -0.157. The Bertz CT molecular complexity index is 550. The Morgan fingerprint density at radius 1 is 0.962 bits per heavy atom. The van der Waals surface area contributed by atoms with E-state index >= 15 is 0 Å². The fourth-order valence-corrected chi connectivity index (χ4v) is 2.19. The minimum absolute atomic E-state index is 0.187. The minimum Gasteiger partial charge on any atom is -0.494 e. The number of aliphatic imine (C=N–C) groups is 1. The molecule has 0 heterocycles. The summed E-state index contributed by atoms with van der Waals surface area (Å²) < 4.78 is 15.5. The summed E-state index contributed by atoms with van der Waals surface area (Å²) in [5, 5.41) is 0. The van der Waals surface area contributed by atoms with Gasteiger partial charge in [-0.1, -0.05) is 26.2 Å². The predicted octanol–water partition coefficient (Wildman–Crippen LogP) is 4.09. The zero-order valence-electron chi connectivity index (χ0n) is 15.9. The largest absolute Gasteiger partial charge is 0.494 e. The first-order chi connectivity index (χ1) is 12.6. The van der Waals surface area contributed by atoms with Crippen molar-refractivity contribution >= 4 is 23.8 Å². The fourth-order valence-electron chi connectivity index (χ4n) is 2.19. The highest BCUT2D eigenvalue weighted by Crippen LogP contribution is 2.19. The quantitative estimate of drug-likeness (QED) is 0.242. The van der Waals surface area contributed by atoms with E-state index in [1.165, 1.54) is 25.5 Å². The van der Waals surface area contributed by atoms with Crippen molar-refractivity contribution in [2.75, 3.05) is 19.8 Å². The smallest absolute Gasteiger partial charge is 0.325 e. The van der Waals surface area contributed by atoms with Gasteiger partial charge in [0.1, 0.15) is 5.75 Å². The van der Waals surface area contributed by atoms with Crippen LogP contribution >= 0.6 is 0 Å². The van der Waals surface area contributed by atoms with E-state index in [0.29, 0.717) is 12.3 Å². The van der Waals surface area contributed by atoms with E-state index in [2.05, 4.69) is 11.9 Å². The molecule has 0 amide bonds. The van der Waals surface area contributed by atoms with E-state index in [-0.39, 0.29) is 13.2 Å². The number of hydrogen-bond donors (Lipinski definition) is 0. The number of carbonyl (C=O) groups excluding carboxylic acids is 2. The van der Waals surface area contributed by atoms with Crippen LogP contribution in [0.5, 0.6) is 5.75 Å². The van der Waals surface area contributed by atoms with Crippen LogP contribution < -0.4 is 4.74 Å². The Morgan fingerprint density at radius 2 is 1.58 bits per heavy atom. The molecule has 144 valence electrons. The van der Waals surface area contributed by atoms with Crippen molar-refractivity contribution in [3.63, 3.8) is 0 Å². The number of ether oxygens (including phenoxy) is 3. The van der Waals surface area contributed by atoms with E-state index in [1.54, 1.807) is 26.0 Å². The molecule has 1 rings (SSSR count). The molecule has 0 N–H and O–H groups in total. The van der Waals surface area contributed by atoms with Gasteiger partial charge in [-0.15, -0.1) is 0 Å². The third-order valence-electron chi connectivity index (χ3n) is 3.56. The molecule has 0 unspecified atom stereocenters. The van der Waals surface area contributed by atoms with Crippen molar-refractivity contribution in [3.8, 4) is 5.75 Å². The number of hydrogen-bond acceptors (Lipinski definition) is 6. The highest BCUT2D eigenvalue weighted by Gasteiger charge is 2.27. The second-order valence-electron chi connectivity index (χ2n) is 5.66. The predicted molar refractivity (Wildman–Crippen MR) is 101 cm³/mol. The Hall–Kier alpha value is -2.37. The molecule has 0 aliphatic rings. The van der Waals surface area contributed by atoms with Crippen LogP contribution in [-0.4, -0.2) is 38.0 Å². The summed E-state index contributed by atoms with van der Waals surface area (Å²) in [6, 6.07) is 7.17. The molecule has 0 bridgehead atoms. The van der Waals surface area contributed by atoms with Gasteiger partial charge in [0.15, 0.2) is 5.92 Å². The van der Waals surface area contributed by atoms with Gasteiger partial charge in [0.2, 0.25) is 0 Å². The van der Waals surface area contributed by atoms with Crippen LogP contribution in [0.1, 0.15) is 46.5 Å². The van der Waals surface area contributed by atoms with E-state index < -0.39 is 17.9 Å². The number of unbranched alkanes of at least 4 members (excludes halogenated alkanes) is 3. The second kappa shape index (κ2) is 12.9. The lowest BCUT2D eigenvalue weighted by Gasteiger charge is -2.10. The first-order valence-corrected chi connectivity index (χ1v) is 9.22. The molecule has 26 heavy (non-hydrogen) atoms. The molecule has 0 fully saturated rings. The highest BCUT2D eigenvalue weighted by atomic mass is 16.6. The molecule has 0 aliphatic heterocycles. The molecule has 6 heteroatoms. The number of esters is 2. The number of benzene rings is 1. The van der Waals surface area contributed by atoms with Gasteiger partial charge in [-0.25, -0.2) is 0 Å². The van der Waals surface area contributed by atoms with Crippen molar-refractivity contribution in [2.45, 2.75) is 46.5 Å². The molecular weight excluding hydrogens is 334 g/mol. The summed E-state index contributed by atoms with van der Waals surface area (Å²) in [6.07, 6.45) is 5.89. The lowest BCUT2D eigenvalue weighted by atomic mass is 10.1. The standard InChI is InChI=1S/C20H29NO5/c1-4-7-8-9-14-26-17-12-10-16(11-13-17)21-15-18(19(22)24-5-2)20(23)25-6-3/h10-13,15,18H,4-9,14H2,1-3H3. The molecule has 1 aromatic rings. The van der Waals surface area contributed by atoms with E-state index in [0.717, 1.165) is 12.2 Å². The molecule has 1 aromatic carbocycles. The highest BCUT2D eigenvalue weighted by molar-refractivity contribution is 6.09. The summed E-state index contributed by atoms with van der Waals surface area (Å²) in [4.78, 5) is 28.0. The monoisotopic (exact) mass is 363 g/mol. The third-order valence-corrected chi connectivity index (χ3v) is 3.56. The summed E-state index contributed by atoms with van der Waals surface area (Å²) in [5.41, 5.74) is 0.613. The van der Waals surface area contributed by atoms with Crippen LogP contribution in [0.15, 0.2) is 29.3 Å². The van der Waals surface area contributed by atoms with Crippen molar-refractivity contribution in [3.05, 3.63) is 24.3 Å². The first-order valence-electron chi connectivity index (χ1n) is 9.22. The average molecular weight is 363 g/mol. The van der Waals surface area contributed by atoms with Gasteiger partial charge < -0.3 is 14.2 Å². The maximum atomic E-state index is 11.9. The van der Waals surface area contributed by atoms with Crippen molar-refractivity contribution < 1.29 is 23.8 Å². The summed E-state index contributed by atoms with van der Waals surface area (Å²) >= 11 is 0. The zero-order chi connectivity index (χ0) is 19.2. The molecule has 6 nitrogen and oxygen atoms in total. The normalized spacial score (nSPS) is 10.9. The maximum Gasteiger partial charge on any atom is 0.325 e. The van der Waals surface area contributed by atoms with Gasteiger partial charge in [0.25, 0.3) is 0 Å². The van der Waals surface area contributed by atoms with Gasteiger partial charge in [-0.3, -0.25) is 14.6 Å². The topological polar surface area (TPSA) is 74.2 Å². The van der Waals surface area contributed by atoms with Crippen molar-refractivity contribution in [1.82, 2.24) is 0 Å². The first kappa shape index (κ1) is 21.7. The van der Waals surface area contributed by atoms with Crippen LogP contribution in [0.3, 0.4) is 0 Å². The summed E-state index contributed by atoms with van der Waals surface area (Å²) in [5.74, 6) is -1.72. The van der Waals surface area contributed by atoms with Crippen LogP contribution in [0.25, 0.3) is 0 Å². The van der Waals surface area contributed by atoms with Crippen molar-refractivity contribution in [2.24, 2.45) is 10.9 Å². The Kier molecular flexibility index (Phi) is 10.8. The molecule has 0 spiro atoms. The second-order valence-corrected chi connectivity index (χ2v) is 5.66. The average Bonchev–Trinajstić information content (AvgIpc) is 2.63. The van der Waals surface area contributed by atoms with E-state index in [1.807, 2.05) is 12.1 Å². The van der Waals surface area contributed by atoms with Crippen LogP contribution in [-0.2, 0) is 19.1 Å². The fraction of sp³-hybridized carbons (Fsp3) is 0.550. The van der Waals surface area contributed by atoms with Crippen LogP contribution in [0.2, 0.25) is 0 Å². The Labute approximate surface area is 155 Å². The molecule has 0 radical (unpaired) electrons. The van der Waals surface area contributed by atoms with Gasteiger partial charge in [-0.2, -0.15) is 0 Å². The number of carbonyl (C=O) groups is 2. The number of nitrogens with zero attached hydrogens (tertiary/aromatic N) is 1. The molecular formula is C20H29NO5. The summed E-state index contributed by atoms with van der Waals surface area (Å²) in [7, 11) is 0. The Morgan fingerprint density at radius 3 is 2.12 bits per heavy atom. The molecule has 0 aliphatic carbocycles.